The highest BCUT2D eigenvalue weighted by Gasteiger charge is 2.29. The monoisotopic (exact) mass is 395 g/mol. The molecule has 0 bridgehead atoms. The Kier molecular flexibility index (Phi) is 6.28. The minimum Gasteiger partial charge on any atom is -0.351 e. The van der Waals surface area contributed by atoms with E-state index in [1.165, 1.54) is 5.56 Å². The number of nitrogens with zero attached hydrogens (tertiary/aromatic N) is 4. The Labute approximate surface area is 173 Å². The first-order chi connectivity index (χ1) is 14.1. The molecule has 1 fully saturated rings. The third-order valence-corrected chi connectivity index (χ3v) is 6.16. The third-order valence-electron chi connectivity index (χ3n) is 6.16. The number of likely N-dealkylation sites (tertiary alicyclic amines) is 1. The maximum atomic E-state index is 12.9. The maximum Gasteiger partial charge on any atom is 0.223 e. The van der Waals surface area contributed by atoms with Gasteiger partial charge in [-0.2, -0.15) is 0 Å². The summed E-state index contributed by atoms with van der Waals surface area (Å²) in [5, 5.41) is 12.1. The standard InChI is InChI=1S/C23H33N5O/c1-17(2)15-27-12-10-19(11-13-27)23(29)24-20-8-9-21-25-26-22(28(21)16-20)14-18-6-4-3-5-7-18/h3-7,17,19-20H,8-16H2,1-2H3,(H,24,29)/t20-/m1/s1. The largest absolute Gasteiger partial charge is 0.351 e. The van der Waals surface area contributed by atoms with Crippen molar-refractivity contribution < 1.29 is 4.79 Å². The summed E-state index contributed by atoms with van der Waals surface area (Å²) in [7, 11) is 0. The van der Waals surface area contributed by atoms with E-state index in [9.17, 15) is 4.79 Å². The van der Waals surface area contributed by atoms with E-state index < -0.39 is 0 Å². The summed E-state index contributed by atoms with van der Waals surface area (Å²) in [6.45, 7) is 8.51. The number of hydrogen-bond donors (Lipinski definition) is 1. The first-order valence-corrected chi connectivity index (χ1v) is 11.1. The molecule has 1 amide bonds. The number of piperidine rings is 1. The molecule has 1 aromatic carbocycles. The van der Waals surface area contributed by atoms with Crippen LogP contribution in [-0.4, -0.2) is 51.2 Å². The Bertz CT molecular complexity index is 808. The van der Waals surface area contributed by atoms with Crippen LogP contribution in [0.25, 0.3) is 0 Å². The van der Waals surface area contributed by atoms with Crippen LogP contribution in [0.2, 0.25) is 0 Å². The lowest BCUT2D eigenvalue weighted by Crippen LogP contribution is -2.47. The van der Waals surface area contributed by atoms with E-state index in [0.29, 0.717) is 5.92 Å². The summed E-state index contributed by atoms with van der Waals surface area (Å²) in [5.74, 6) is 3.12. The van der Waals surface area contributed by atoms with Crippen LogP contribution < -0.4 is 5.32 Å². The molecule has 2 aliphatic rings. The summed E-state index contributed by atoms with van der Waals surface area (Å²) in [4.78, 5) is 15.3. The average molecular weight is 396 g/mol. The molecule has 1 N–H and O–H groups in total. The third kappa shape index (κ3) is 5.04. The number of hydrogen-bond acceptors (Lipinski definition) is 4. The highest BCUT2D eigenvalue weighted by molar-refractivity contribution is 5.79. The molecular formula is C23H33N5O. The fourth-order valence-corrected chi connectivity index (χ4v) is 4.62. The summed E-state index contributed by atoms with van der Waals surface area (Å²) in [6, 6.07) is 10.6. The molecule has 29 heavy (non-hydrogen) atoms. The predicted octanol–water partition coefficient (Wildman–Crippen LogP) is 2.67. The van der Waals surface area contributed by atoms with Gasteiger partial charge in [0.15, 0.2) is 0 Å². The van der Waals surface area contributed by atoms with E-state index in [1.807, 2.05) is 6.07 Å². The number of benzene rings is 1. The van der Waals surface area contributed by atoms with Crippen molar-refractivity contribution in [3.63, 3.8) is 0 Å². The molecule has 0 spiro atoms. The highest BCUT2D eigenvalue weighted by Crippen LogP contribution is 2.21. The van der Waals surface area contributed by atoms with Crippen LogP contribution in [0.5, 0.6) is 0 Å². The van der Waals surface area contributed by atoms with Gasteiger partial charge in [-0.05, 0) is 43.8 Å². The molecule has 1 atom stereocenters. The molecule has 2 aliphatic heterocycles. The van der Waals surface area contributed by atoms with Crippen LogP contribution in [0.3, 0.4) is 0 Å². The van der Waals surface area contributed by atoms with Crippen molar-refractivity contribution >= 4 is 5.91 Å². The number of aromatic nitrogens is 3. The van der Waals surface area contributed by atoms with Crippen molar-refractivity contribution in [2.24, 2.45) is 11.8 Å². The van der Waals surface area contributed by atoms with Crippen LogP contribution >= 0.6 is 0 Å². The SMILES string of the molecule is CC(C)CN1CCC(C(=O)N[C@@H]2CCc3nnc(Cc4ccccc4)n3C2)CC1. The van der Waals surface area contributed by atoms with E-state index in [0.717, 1.165) is 69.9 Å². The molecule has 3 heterocycles. The molecule has 1 aromatic heterocycles. The van der Waals surface area contributed by atoms with Crippen LogP contribution in [0.15, 0.2) is 30.3 Å². The normalized spacial score (nSPS) is 20.6. The molecule has 0 unspecified atom stereocenters. The van der Waals surface area contributed by atoms with Gasteiger partial charge in [0.2, 0.25) is 5.91 Å². The average Bonchev–Trinajstić information content (AvgIpc) is 3.11. The predicted molar refractivity (Wildman–Crippen MR) is 114 cm³/mol. The van der Waals surface area contributed by atoms with Gasteiger partial charge in [0.25, 0.3) is 0 Å². The fraction of sp³-hybridized carbons (Fsp3) is 0.609. The van der Waals surface area contributed by atoms with Crippen molar-refractivity contribution in [2.45, 2.75) is 58.5 Å². The number of nitrogens with one attached hydrogen (secondary N) is 1. The molecule has 4 rings (SSSR count). The molecule has 6 nitrogen and oxygen atoms in total. The van der Waals surface area contributed by atoms with E-state index in [4.69, 9.17) is 0 Å². The zero-order chi connectivity index (χ0) is 20.2. The van der Waals surface area contributed by atoms with Crippen LogP contribution in [-0.2, 0) is 24.2 Å². The van der Waals surface area contributed by atoms with Gasteiger partial charge in [0.1, 0.15) is 11.6 Å². The van der Waals surface area contributed by atoms with E-state index in [1.54, 1.807) is 0 Å². The molecular weight excluding hydrogens is 362 g/mol. The minimum atomic E-state index is 0.157. The van der Waals surface area contributed by atoms with Crippen molar-refractivity contribution in [3.8, 4) is 0 Å². The lowest BCUT2D eigenvalue weighted by molar-refractivity contribution is -0.127. The minimum absolute atomic E-state index is 0.157. The van der Waals surface area contributed by atoms with Gasteiger partial charge in [-0.1, -0.05) is 44.2 Å². The molecule has 0 saturated carbocycles. The van der Waals surface area contributed by atoms with Gasteiger partial charge in [-0.3, -0.25) is 4.79 Å². The lowest BCUT2D eigenvalue weighted by atomic mass is 9.94. The second kappa shape index (κ2) is 9.08. The number of aryl methyl sites for hydroxylation is 1. The number of carbonyl (C=O) groups excluding carboxylic acids is 1. The Morgan fingerprint density at radius 2 is 1.90 bits per heavy atom. The summed E-state index contributed by atoms with van der Waals surface area (Å²) in [5.41, 5.74) is 1.24. The van der Waals surface area contributed by atoms with E-state index >= 15 is 0 Å². The van der Waals surface area contributed by atoms with Gasteiger partial charge >= 0.3 is 0 Å². The smallest absolute Gasteiger partial charge is 0.223 e. The maximum absolute atomic E-state index is 12.9. The molecule has 1 saturated heterocycles. The zero-order valence-corrected chi connectivity index (χ0v) is 17.7. The fourth-order valence-electron chi connectivity index (χ4n) is 4.62. The Hall–Kier alpha value is -2.21. The Balaban J connectivity index is 1.32. The first kappa shape index (κ1) is 20.1. The van der Waals surface area contributed by atoms with E-state index in [2.05, 4.69) is 63.1 Å². The van der Waals surface area contributed by atoms with Gasteiger partial charge in [-0.15, -0.1) is 10.2 Å². The van der Waals surface area contributed by atoms with Gasteiger partial charge in [0, 0.05) is 37.9 Å². The quantitative estimate of drug-likeness (QED) is 0.817. The summed E-state index contributed by atoms with van der Waals surface area (Å²) >= 11 is 0. The number of amides is 1. The lowest BCUT2D eigenvalue weighted by Gasteiger charge is -2.33. The summed E-state index contributed by atoms with van der Waals surface area (Å²) in [6.07, 6.45) is 4.55. The molecule has 6 heteroatoms. The summed E-state index contributed by atoms with van der Waals surface area (Å²) < 4.78 is 2.21. The van der Waals surface area contributed by atoms with Crippen LogP contribution in [0.4, 0.5) is 0 Å². The topological polar surface area (TPSA) is 63.1 Å². The van der Waals surface area contributed by atoms with Gasteiger partial charge in [-0.25, -0.2) is 0 Å². The zero-order valence-electron chi connectivity index (χ0n) is 17.7. The molecule has 2 aromatic rings. The highest BCUT2D eigenvalue weighted by atomic mass is 16.2. The van der Waals surface area contributed by atoms with Gasteiger partial charge in [0.05, 0.1) is 0 Å². The van der Waals surface area contributed by atoms with Crippen LogP contribution in [0, 0.1) is 11.8 Å². The Morgan fingerprint density at radius 1 is 1.14 bits per heavy atom. The van der Waals surface area contributed by atoms with E-state index in [-0.39, 0.29) is 17.9 Å². The van der Waals surface area contributed by atoms with Crippen LogP contribution in [0.1, 0.15) is 50.3 Å². The second-order valence-corrected chi connectivity index (χ2v) is 9.02. The Morgan fingerprint density at radius 3 is 2.62 bits per heavy atom. The van der Waals surface area contributed by atoms with Crippen molar-refractivity contribution in [1.29, 1.82) is 0 Å². The number of rotatable bonds is 6. The second-order valence-electron chi connectivity index (χ2n) is 9.02. The number of fused-ring (bicyclic) bond motifs is 1. The van der Waals surface area contributed by atoms with Crippen molar-refractivity contribution in [2.75, 3.05) is 19.6 Å². The van der Waals surface area contributed by atoms with Crippen molar-refractivity contribution in [3.05, 3.63) is 47.5 Å². The molecule has 0 aliphatic carbocycles. The molecule has 156 valence electrons. The number of carbonyl (C=O) groups is 1. The van der Waals surface area contributed by atoms with Gasteiger partial charge < -0.3 is 14.8 Å². The first-order valence-electron chi connectivity index (χ1n) is 11.1. The molecule has 0 radical (unpaired) electrons. The van der Waals surface area contributed by atoms with Crippen molar-refractivity contribution in [1.82, 2.24) is 25.0 Å².